The van der Waals surface area contributed by atoms with Crippen LogP contribution in [0.3, 0.4) is 0 Å². The Bertz CT molecular complexity index is 561. The predicted octanol–water partition coefficient (Wildman–Crippen LogP) is 3.49. The van der Waals surface area contributed by atoms with Gasteiger partial charge in [-0.15, -0.1) is 0 Å². The summed E-state index contributed by atoms with van der Waals surface area (Å²) in [5, 5.41) is 2.98. The molecule has 0 unspecified atom stereocenters. The maximum absolute atomic E-state index is 12.5. The summed E-state index contributed by atoms with van der Waals surface area (Å²) in [7, 11) is 3.45. The zero-order valence-corrected chi connectivity index (χ0v) is 14.4. The fourth-order valence-electron chi connectivity index (χ4n) is 2.79. The van der Waals surface area contributed by atoms with Crippen LogP contribution in [-0.2, 0) is 0 Å². The molecule has 1 aromatic rings. The van der Waals surface area contributed by atoms with E-state index in [2.05, 4.69) is 5.32 Å². The minimum Gasteiger partial charge on any atom is -0.345 e. The van der Waals surface area contributed by atoms with Gasteiger partial charge in [-0.3, -0.25) is 4.79 Å². The van der Waals surface area contributed by atoms with Gasteiger partial charge in [0.15, 0.2) is 0 Å². The molecule has 0 atom stereocenters. The minimum absolute atomic E-state index is 0.0632. The van der Waals surface area contributed by atoms with E-state index in [-0.39, 0.29) is 11.9 Å². The van der Waals surface area contributed by atoms with Gasteiger partial charge >= 0.3 is 6.03 Å². The van der Waals surface area contributed by atoms with E-state index in [1.165, 1.54) is 24.2 Å². The van der Waals surface area contributed by atoms with Crippen molar-refractivity contribution in [3.8, 4) is 0 Å². The molecule has 2 rings (SSSR count). The summed E-state index contributed by atoms with van der Waals surface area (Å²) >= 11 is 0. The topological polar surface area (TPSA) is 52.7 Å². The molecule has 1 fully saturated rings. The van der Waals surface area contributed by atoms with Gasteiger partial charge in [-0.05, 0) is 37.5 Å². The summed E-state index contributed by atoms with van der Waals surface area (Å²) in [6.07, 6.45) is 5.77. The second kappa shape index (κ2) is 7.99. The maximum Gasteiger partial charge on any atom is 0.321 e. The number of hydrogen-bond acceptors (Lipinski definition) is 2. The summed E-state index contributed by atoms with van der Waals surface area (Å²) in [5.41, 5.74) is 2.26. The molecule has 1 saturated heterocycles. The Balaban J connectivity index is 2.10. The van der Waals surface area contributed by atoms with Crippen LogP contribution in [0.5, 0.6) is 0 Å². The molecule has 0 spiro atoms. The van der Waals surface area contributed by atoms with Gasteiger partial charge in [-0.1, -0.05) is 25.3 Å². The van der Waals surface area contributed by atoms with Crippen LogP contribution in [0.1, 0.15) is 48.0 Å². The number of carbonyl (C=O) groups is 2. The Morgan fingerprint density at radius 2 is 1.65 bits per heavy atom. The quantitative estimate of drug-likeness (QED) is 0.907. The standard InChI is InChI=1S/C18H27N3O2/c1-14-9-10-15(17(22)20(2)3)13-16(14)19-18(23)21-11-7-5-4-6-8-12-21/h9-10,13H,4-8,11-12H2,1-3H3,(H,19,23). The van der Waals surface area contributed by atoms with Crippen LogP contribution in [0.15, 0.2) is 18.2 Å². The number of likely N-dealkylation sites (tertiary alicyclic amines) is 1. The largest absolute Gasteiger partial charge is 0.345 e. The highest BCUT2D eigenvalue weighted by Gasteiger charge is 2.17. The highest BCUT2D eigenvalue weighted by Crippen LogP contribution is 2.19. The number of nitrogens with one attached hydrogen (secondary N) is 1. The molecule has 0 saturated carbocycles. The first-order valence-electron chi connectivity index (χ1n) is 8.37. The van der Waals surface area contributed by atoms with Crippen molar-refractivity contribution in [2.24, 2.45) is 0 Å². The second-order valence-corrected chi connectivity index (χ2v) is 6.41. The molecule has 5 nitrogen and oxygen atoms in total. The molecule has 1 N–H and O–H groups in total. The molecule has 126 valence electrons. The van der Waals surface area contributed by atoms with Crippen molar-refractivity contribution in [1.82, 2.24) is 9.80 Å². The summed E-state index contributed by atoms with van der Waals surface area (Å²) in [4.78, 5) is 28.0. The van der Waals surface area contributed by atoms with Crippen LogP contribution >= 0.6 is 0 Å². The lowest BCUT2D eigenvalue weighted by molar-refractivity contribution is 0.0827. The molecule has 0 aliphatic carbocycles. The van der Waals surface area contributed by atoms with Gasteiger partial charge < -0.3 is 15.1 Å². The zero-order chi connectivity index (χ0) is 16.8. The molecular formula is C18H27N3O2. The smallest absolute Gasteiger partial charge is 0.321 e. The third kappa shape index (κ3) is 4.71. The molecule has 1 aliphatic rings. The molecule has 1 aromatic carbocycles. The van der Waals surface area contributed by atoms with Crippen molar-refractivity contribution >= 4 is 17.6 Å². The average molecular weight is 317 g/mol. The summed E-state index contributed by atoms with van der Waals surface area (Å²) in [6.45, 7) is 3.55. The van der Waals surface area contributed by atoms with Crippen LogP contribution < -0.4 is 5.32 Å². The van der Waals surface area contributed by atoms with E-state index in [4.69, 9.17) is 0 Å². The number of aryl methyl sites for hydroxylation is 1. The van der Waals surface area contributed by atoms with Crippen molar-refractivity contribution < 1.29 is 9.59 Å². The second-order valence-electron chi connectivity index (χ2n) is 6.41. The van der Waals surface area contributed by atoms with Crippen molar-refractivity contribution in [3.05, 3.63) is 29.3 Å². The molecule has 1 aliphatic heterocycles. The van der Waals surface area contributed by atoms with Crippen LogP contribution in [-0.4, -0.2) is 48.9 Å². The van der Waals surface area contributed by atoms with Crippen molar-refractivity contribution in [2.75, 3.05) is 32.5 Å². The van der Waals surface area contributed by atoms with Crippen molar-refractivity contribution in [2.45, 2.75) is 39.0 Å². The van der Waals surface area contributed by atoms with Crippen molar-refractivity contribution in [3.63, 3.8) is 0 Å². The zero-order valence-electron chi connectivity index (χ0n) is 14.4. The lowest BCUT2D eigenvalue weighted by Gasteiger charge is -2.25. The van der Waals surface area contributed by atoms with Gasteiger partial charge in [-0.2, -0.15) is 0 Å². The number of anilines is 1. The van der Waals surface area contributed by atoms with Crippen molar-refractivity contribution in [1.29, 1.82) is 0 Å². The first-order chi connectivity index (χ1) is 11.0. The first-order valence-corrected chi connectivity index (χ1v) is 8.37. The molecular weight excluding hydrogens is 290 g/mol. The third-order valence-electron chi connectivity index (χ3n) is 4.28. The predicted molar refractivity (Wildman–Crippen MR) is 92.9 cm³/mol. The van der Waals surface area contributed by atoms with E-state index in [0.717, 1.165) is 31.5 Å². The van der Waals surface area contributed by atoms with Gasteiger partial charge in [0.05, 0.1) is 0 Å². The molecule has 23 heavy (non-hydrogen) atoms. The maximum atomic E-state index is 12.5. The van der Waals surface area contributed by atoms with E-state index >= 15 is 0 Å². The number of nitrogens with zero attached hydrogens (tertiary/aromatic N) is 2. The van der Waals surface area contributed by atoms with E-state index in [1.54, 1.807) is 26.2 Å². The third-order valence-corrected chi connectivity index (χ3v) is 4.28. The fraction of sp³-hybridized carbons (Fsp3) is 0.556. The Labute approximate surface area is 138 Å². The van der Waals surface area contributed by atoms with Gasteiger partial charge in [0.25, 0.3) is 5.91 Å². The van der Waals surface area contributed by atoms with Gasteiger partial charge in [0.1, 0.15) is 0 Å². The average Bonchev–Trinajstić information content (AvgIpc) is 2.48. The molecule has 3 amide bonds. The summed E-state index contributed by atoms with van der Waals surface area (Å²) in [6, 6.07) is 5.37. The highest BCUT2D eigenvalue weighted by molar-refractivity contribution is 5.97. The van der Waals surface area contributed by atoms with E-state index in [9.17, 15) is 9.59 Å². The minimum atomic E-state index is -0.0653. The van der Waals surface area contributed by atoms with Crippen LogP contribution in [0, 0.1) is 6.92 Å². The summed E-state index contributed by atoms with van der Waals surface area (Å²) in [5.74, 6) is -0.0632. The number of urea groups is 1. The number of carbonyl (C=O) groups excluding carboxylic acids is 2. The van der Waals surface area contributed by atoms with Gasteiger partial charge in [-0.25, -0.2) is 4.79 Å². The summed E-state index contributed by atoms with van der Waals surface area (Å²) < 4.78 is 0. The molecule has 0 bridgehead atoms. The first kappa shape index (κ1) is 17.3. The Kier molecular flexibility index (Phi) is 6.02. The lowest BCUT2D eigenvalue weighted by Crippen LogP contribution is -2.37. The normalized spacial score (nSPS) is 15.5. The Morgan fingerprint density at radius 1 is 1.04 bits per heavy atom. The number of amides is 3. The van der Waals surface area contributed by atoms with Crippen LogP contribution in [0.25, 0.3) is 0 Å². The SMILES string of the molecule is Cc1ccc(C(=O)N(C)C)cc1NC(=O)N1CCCCCCC1. The van der Waals surface area contributed by atoms with E-state index < -0.39 is 0 Å². The molecule has 5 heteroatoms. The number of rotatable bonds is 2. The molecule has 1 heterocycles. The van der Waals surface area contributed by atoms with Crippen LogP contribution in [0.2, 0.25) is 0 Å². The fourth-order valence-corrected chi connectivity index (χ4v) is 2.79. The molecule has 0 radical (unpaired) electrons. The van der Waals surface area contributed by atoms with Crippen LogP contribution in [0.4, 0.5) is 10.5 Å². The number of benzene rings is 1. The molecule has 0 aromatic heterocycles. The van der Waals surface area contributed by atoms with Gasteiger partial charge in [0, 0.05) is 38.4 Å². The highest BCUT2D eigenvalue weighted by atomic mass is 16.2. The van der Waals surface area contributed by atoms with E-state index in [0.29, 0.717) is 11.3 Å². The number of hydrogen-bond donors (Lipinski definition) is 1. The van der Waals surface area contributed by atoms with Gasteiger partial charge in [0.2, 0.25) is 0 Å². The monoisotopic (exact) mass is 317 g/mol. The lowest BCUT2D eigenvalue weighted by atomic mass is 10.1. The van der Waals surface area contributed by atoms with E-state index in [1.807, 2.05) is 17.9 Å². The Hall–Kier alpha value is -2.04. The Morgan fingerprint density at radius 3 is 2.26 bits per heavy atom.